The number of nitrogens with one attached hydrogen (secondary N) is 1. The minimum Gasteiger partial charge on any atom is -0.466 e. The number of carbonyl (C=O) groups is 3. The number of halogens is 4. The van der Waals surface area contributed by atoms with E-state index < -0.39 is 34.9 Å². The number of rotatable bonds is 9. The van der Waals surface area contributed by atoms with Gasteiger partial charge in [-0.1, -0.05) is 35.9 Å². The molecule has 4 heterocycles. The summed E-state index contributed by atoms with van der Waals surface area (Å²) in [5, 5.41) is 5.75. The van der Waals surface area contributed by atoms with Gasteiger partial charge in [-0.25, -0.2) is 27.7 Å². The minimum absolute atomic E-state index is 0.0763. The Balaban J connectivity index is 1.12. The summed E-state index contributed by atoms with van der Waals surface area (Å²) in [6.07, 6.45) is 1.63. The third kappa shape index (κ3) is 6.89. The molecule has 3 aromatic carbocycles. The highest BCUT2D eigenvalue weighted by Crippen LogP contribution is 2.38. The van der Waals surface area contributed by atoms with Crippen LogP contribution in [0.2, 0.25) is 5.02 Å². The van der Waals surface area contributed by atoms with Crippen LogP contribution in [0.1, 0.15) is 42.9 Å². The molecule has 1 N–H and O–H groups in total. The molecular formula is C39H36ClF3N6O4S. The van der Waals surface area contributed by atoms with Crippen molar-refractivity contribution in [2.45, 2.75) is 38.3 Å². The smallest absolute Gasteiger partial charge is 0.338 e. The standard InChI is InChI=1S/C39H36ClF3N6O4S/c1-21(50)39(2,3)23-6-8-26(29(42)16-23)22-5-10-32(30(43)15-22)49-19-25-18-47(12-13-48(25)38(49)52)20-31-33(37(51)53-4)34(27-9-7-24(41)17-28(27)40)46-35(45-31)36-44-11-14-54-36/h5-11,14-17,25,34H,12-13,18-20H2,1-4H3,(H,45,46)/t25-,34-/m0/s1. The lowest BCUT2D eigenvalue weighted by molar-refractivity contribution is -0.136. The molecule has 2 saturated heterocycles. The number of thiazole rings is 1. The topological polar surface area (TPSA) is 107 Å². The number of ether oxygens (including phenoxy) is 1. The van der Waals surface area contributed by atoms with Crippen molar-refractivity contribution < 1.29 is 32.3 Å². The number of aliphatic imine (C=N–C) groups is 1. The van der Waals surface area contributed by atoms with Crippen LogP contribution in [-0.4, -0.2) is 84.3 Å². The summed E-state index contributed by atoms with van der Waals surface area (Å²) >= 11 is 7.84. The average Bonchev–Trinajstić information content (AvgIpc) is 3.79. The molecule has 1 aromatic heterocycles. The highest BCUT2D eigenvalue weighted by Gasteiger charge is 2.43. The largest absolute Gasteiger partial charge is 0.466 e. The number of esters is 1. The Morgan fingerprint density at radius 3 is 2.50 bits per heavy atom. The molecule has 15 heteroatoms. The Labute approximate surface area is 318 Å². The van der Waals surface area contributed by atoms with Crippen LogP contribution in [0.25, 0.3) is 11.1 Å². The van der Waals surface area contributed by atoms with E-state index in [4.69, 9.17) is 21.3 Å². The number of fused-ring (bicyclic) bond motifs is 1. The summed E-state index contributed by atoms with van der Waals surface area (Å²) in [6.45, 7) is 6.52. The van der Waals surface area contributed by atoms with Gasteiger partial charge in [0.05, 0.1) is 24.4 Å². The Morgan fingerprint density at radius 2 is 1.83 bits per heavy atom. The average molecular weight is 777 g/mol. The van der Waals surface area contributed by atoms with E-state index in [9.17, 15) is 18.8 Å². The van der Waals surface area contributed by atoms with Crippen LogP contribution in [0.4, 0.5) is 23.7 Å². The number of hydrogen-bond donors (Lipinski definition) is 1. The van der Waals surface area contributed by atoms with Gasteiger partial charge in [-0.05, 0) is 62.2 Å². The van der Waals surface area contributed by atoms with Crippen molar-refractivity contribution in [3.8, 4) is 11.1 Å². The van der Waals surface area contributed by atoms with Crippen LogP contribution >= 0.6 is 22.9 Å². The van der Waals surface area contributed by atoms with Gasteiger partial charge in [0.25, 0.3) is 0 Å². The molecule has 0 aliphatic carbocycles. The fourth-order valence-electron chi connectivity index (χ4n) is 7.04. The zero-order chi connectivity index (χ0) is 38.5. The molecule has 0 radical (unpaired) electrons. The van der Waals surface area contributed by atoms with Gasteiger partial charge < -0.3 is 15.0 Å². The van der Waals surface area contributed by atoms with E-state index in [0.29, 0.717) is 52.9 Å². The lowest BCUT2D eigenvalue weighted by Gasteiger charge is -2.38. The number of ketones is 1. The van der Waals surface area contributed by atoms with Gasteiger partial charge in [-0.15, -0.1) is 11.3 Å². The minimum atomic E-state index is -0.921. The van der Waals surface area contributed by atoms with E-state index in [1.54, 1.807) is 42.5 Å². The van der Waals surface area contributed by atoms with Crippen molar-refractivity contribution in [3.05, 3.63) is 116 Å². The Bertz CT molecular complexity index is 2230. The van der Waals surface area contributed by atoms with Gasteiger partial charge in [-0.2, -0.15) is 0 Å². The lowest BCUT2D eigenvalue weighted by Crippen LogP contribution is -2.53. The van der Waals surface area contributed by atoms with Crippen LogP contribution in [0.5, 0.6) is 0 Å². The first kappa shape index (κ1) is 37.3. The third-order valence-corrected chi connectivity index (χ3v) is 11.5. The number of Topliss-reactive ketones (excluding diaryl/α,β-unsaturated/α-hetero) is 1. The van der Waals surface area contributed by atoms with Crippen LogP contribution < -0.4 is 10.2 Å². The normalized spacial score (nSPS) is 19.1. The summed E-state index contributed by atoms with van der Waals surface area (Å²) in [6, 6.07) is 11.1. The molecule has 54 heavy (non-hydrogen) atoms. The van der Waals surface area contributed by atoms with E-state index in [-0.39, 0.29) is 52.8 Å². The number of aromatic nitrogens is 1. The van der Waals surface area contributed by atoms with Crippen molar-refractivity contribution in [2.24, 2.45) is 4.99 Å². The molecule has 3 aliphatic rings. The number of benzene rings is 3. The maximum absolute atomic E-state index is 15.8. The van der Waals surface area contributed by atoms with Crippen LogP contribution in [-0.2, 0) is 19.7 Å². The van der Waals surface area contributed by atoms with E-state index in [1.165, 1.54) is 66.7 Å². The van der Waals surface area contributed by atoms with Crippen LogP contribution in [0, 0.1) is 17.5 Å². The highest BCUT2D eigenvalue weighted by molar-refractivity contribution is 7.11. The van der Waals surface area contributed by atoms with Crippen molar-refractivity contribution >= 4 is 52.2 Å². The first-order valence-corrected chi connectivity index (χ1v) is 18.4. The molecule has 7 rings (SSSR count). The number of methoxy groups -OCH3 is 1. The van der Waals surface area contributed by atoms with Gasteiger partial charge in [0.1, 0.15) is 29.3 Å². The first-order valence-electron chi connectivity index (χ1n) is 17.2. The van der Waals surface area contributed by atoms with Crippen LogP contribution in [0.3, 0.4) is 0 Å². The summed E-state index contributed by atoms with van der Waals surface area (Å²) in [7, 11) is 1.27. The number of carbonyl (C=O) groups excluding carboxylic acids is 3. The van der Waals surface area contributed by atoms with Gasteiger partial charge in [-0.3, -0.25) is 19.6 Å². The van der Waals surface area contributed by atoms with Gasteiger partial charge >= 0.3 is 12.0 Å². The zero-order valence-corrected chi connectivity index (χ0v) is 31.4. The van der Waals surface area contributed by atoms with Gasteiger partial charge in [0, 0.05) is 71.6 Å². The Hall–Kier alpha value is -5.05. The molecule has 4 aromatic rings. The molecule has 3 aliphatic heterocycles. The first-order chi connectivity index (χ1) is 25.8. The predicted octanol–water partition coefficient (Wildman–Crippen LogP) is 6.89. The second-order valence-corrected chi connectivity index (χ2v) is 15.2. The number of hydrogen-bond acceptors (Lipinski definition) is 9. The highest BCUT2D eigenvalue weighted by atomic mass is 35.5. The molecule has 0 bridgehead atoms. The summed E-state index contributed by atoms with van der Waals surface area (Å²) in [5.74, 6) is -2.13. The fourth-order valence-corrected chi connectivity index (χ4v) is 7.90. The zero-order valence-electron chi connectivity index (χ0n) is 29.8. The van der Waals surface area contributed by atoms with E-state index >= 15 is 8.78 Å². The monoisotopic (exact) mass is 776 g/mol. The third-order valence-electron chi connectivity index (χ3n) is 10.4. The number of urea groups is 1. The maximum Gasteiger partial charge on any atom is 0.338 e. The van der Waals surface area contributed by atoms with Crippen molar-refractivity contribution in [3.63, 3.8) is 0 Å². The molecule has 0 saturated carbocycles. The second-order valence-electron chi connectivity index (χ2n) is 13.9. The number of amides is 2. The van der Waals surface area contributed by atoms with Crippen molar-refractivity contribution in [1.82, 2.24) is 20.1 Å². The SMILES string of the molecule is COC(=O)C1=C(CN2CCN3C(=O)N(c4ccc(-c5ccc(C(C)(C)C(C)=O)cc5F)cc4F)C[C@@H]3C2)NC(c2nccs2)=N[C@H]1c1ccc(F)cc1Cl. The van der Waals surface area contributed by atoms with Crippen molar-refractivity contribution in [2.75, 3.05) is 44.7 Å². The molecule has 2 amide bonds. The summed E-state index contributed by atoms with van der Waals surface area (Å²) in [4.78, 5) is 53.4. The molecule has 280 valence electrons. The lowest BCUT2D eigenvalue weighted by atomic mass is 9.80. The molecule has 0 unspecified atom stereocenters. The van der Waals surface area contributed by atoms with Crippen molar-refractivity contribution in [1.29, 1.82) is 0 Å². The molecular weight excluding hydrogens is 741 g/mol. The number of anilines is 1. The van der Waals surface area contributed by atoms with E-state index in [0.717, 1.165) is 6.07 Å². The molecule has 2 atom stereocenters. The summed E-state index contributed by atoms with van der Waals surface area (Å²) in [5.41, 5.74) is 1.30. The number of nitrogens with zero attached hydrogens (tertiary/aromatic N) is 5. The molecule has 10 nitrogen and oxygen atoms in total. The fraction of sp³-hybridized carbons (Fsp3) is 0.308. The Morgan fingerprint density at radius 1 is 1.04 bits per heavy atom. The maximum atomic E-state index is 15.8. The van der Waals surface area contributed by atoms with Gasteiger partial charge in [0.2, 0.25) is 0 Å². The predicted molar refractivity (Wildman–Crippen MR) is 200 cm³/mol. The van der Waals surface area contributed by atoms with E-state index in [2.05, 4.69) is 15.2 Å². The summed E-state index contributed by atoms with van der Waals surface area (Å²) < 4.78 is 50.3. The molecule has 0 spiro atoms. The van der Waals surface area contributed by atoms with Crippen LogP contribution in [0.15, 0.2) is 82.4 Å². The second kappa shape index (κ2) is 14.6. The Kier molecular flexibility index (Phi) is 10.1. The quantitative estimate of drug-likeness (QED) is 0.185. The number of piperazine rings is 1. The molecule has 2 fully saturated rings. The number of amidine groups is 1. The van der Waals surface area contributed by atoms with E-state index in [1.807, 2.05) is 0 Å². The van der Waals surface area contributed by atoms with Gasteiger partial charge in [0.15, 0.2) is 10.8 Å².